The predicted molar refractivity (Wildman–Crippen MR) is 87.2 cm³/mol. The maximum Gasteiger partial charge on any atom is 0.294 e. The standard InChI is InChI=1S/C17H26O3S/c1-5-7-8-13(3)11-15(6-2)16-12-14(4)9-10-17(16)21(18,19)20/h5,9-10,12-13,15H,1,6-8,11H2,2-4H3,(H,18,19,20). The summed E-state index contributed by atoms with van der Waals surface area (Å²) >= 11 is 0. The topological polar surface area (TPSA) is 54.4 Å². The largest absolute Gasteiger partial charge is 0.294 e. The fourth-order valence-electron chi connectivity index (χ4n) is 2.74. The number of hydrogen-bond donors (Lipinski definition) is 1. The third kappa shape index (κ3) is 5.29. The number of benzene rings is 1. The van der Waals surface area contributed by atoms with Crippen LogP contribution < -0.4 is 0 Å². The Hall–Kier alpha value is -1.13. The fourth-order valence-corrected chi connectivity index (χ4v) is 3.50. The van der Waals surface area contributed by atoms with Crippen molar-refractivity contribution in [2.75, 3.05) is 0 Å². The molecule has 0 bridgehead atoms. The van der Waals surface area contributed by atoms with Gasteiger partial charge in [-0.05, 0) is 56.1 Å². The molecule has 0 aliphatic rings. The second-order valence-corrected chi connectivity index (χ2v) is 7.22. The normalized spacial score (nSPS) is 14.7. The summed E-state index contributed by atoms with van der Waals surface area (Å²) in [7, 11) is -4.17. The Bertz CT molecular complexity index is 576. The molecule has 21 heavy (non-hydrogen) atoms. The average Bonchev–Trinajstić information content (AvgIpc) is 2.41. The first-order chi connectivity index (χ1) is 9.79. The molecule has 0 aliphatic carbocycles. The molecule has 0 heterocycles. The van der Waals surface area contributed by atoms with Crippen LogP contribution in [0, 0.1) is 12.8 Å². The van der Waals surface area contributed by atoms with Gasteiger partial charge in [0.2, 0.25) is 0 Å². The van der Waals surface area contributed by atoms with Gasteiger partial charge >= 0.3 is 0 Å². The maximum atomic E-state index is 11.6. The maximum absolute atomic E-state index is 11.6. The smallest absolute Gasteiger partial charge is 0.282 e. The van der Waals surface area contributed by atoms with Gasteiger partial charge in [0.15, 0.2) is 0 Å². The van der Waals surface area contributed by atoms with Gasteiger partial charge in [-0.25, -0.2) is 0 Å². The van der Waals surface area contributed by atoms with Crippen LogP contribution in [0.3, 0.4) is 0 Å². The molecule has 0 saturated carbocycles. The minimum absolute atomic E-state index is 0.0517. The molecular weight excluding hydrogens is 284 g/mol. The van der Waals surface area contributed by atoms with Crippen LogP contribution in [0.5, 0.6) is 0 Å². The quantitative estimate of drug-likeness (QED) is 0.558. The molecule has 1 rings (SSSR count). The van der Waals surface area contributed by atoms with E-state index in [1.807, 2.05) is 19.1 Å². The van der Waals surface area contributed by atoms with E-state index in [2.05, 4.69) is 20.4 Å². The van der Waals surface area contributed by atoms with Gasteiger partial charge in [0, 0.05) is 0 Å². The highest BCUT2D eigenvalue weighted by Crippen LogP contribution is 2.33. The van der Waals surface area contributed by atoms with Crippen LogP contribution in [-0.2, 0) is 10.1 Å². The van der Waals surface area contributed by atoms with Crippen LogP contribution >= 0.6 is 0 Å². The lowest BCUT2D eigenvalue weighted by Gasteiger charge is -2.22. The first-order valence-electron chi connectivity index (χ1n) is 7.48. The highest BCUT2D eigenvalue weighted by atomic mass is 32.2. The van der Waals surface area contributed by atoms with Crippen LogP contribution in [0.15, 0.2) is 35.7 Å². The van der Waals surface area contributed by atoms with Crippen LogP contribution in [0.4, 0.5) is 0 Å². The molecule has 2 atom stereocenters. The van der Waals surface area contributed by atoms with Gasteiger partial charge in [-0.1, -0.05) is 37.6 Å². The third-order valence-electron chi connectivity index (χ3n) is 3.93. The summed E-state index contributed by atoms with van der Waals surface area (Å²) in [6, 6.07) is 5.12. The fraction of sp³-hybridized carbons (Fsp3) is 0.529. The molecule has 0 aromatic heterocycles. The van der Waals surface area contributed by atoms with E-state index in [9.17, 15) is 13.0 Å². The van der Waals surface area contributed by atoms with E-state index in [1.54, 1.807) is 6.07 Å². The molecule has 1 aromatic rings. The molecule has 118 valence electrons. The van der Waals surface area contributed by atoms with Crippen molar-refractivity contribution < 1.29 is 13.0 Å². The van der Waals surface area contributed by atoms with Crippen molar-refractivity contribution >= 4 is 10.1 Å². The lowest BCUT2D eigenvalue weighted by atomic mass is 9.85. The minimum Gasteiger partial charge on any atom is -0.282 e. The van der Waals surface area contributed by atoms with E-state index in [0.717, 1.165) is 36.8 Å². The number of aryl methyl sites for hydroxylation is 1. The van der Waals surface area contributed by atoms with Crippen molar-refractivity contribution in [3.05, 3.63) is 42.0 Å². The van der Waals surface area contributed by atoms with E-state index < -0.39 is 10.1 Å². The molecule has 0 amide bonds. The van der Waals surface area contributed by atoms with Gasteiger partial charge < -0.3 is 0 Å². The molecule has 3 nitrogen and oxygen atoms in total. The third-order valence-corrected chi connectivity index (χ3v) is 4.85. The summed E-state index contributed by atoms with van der Waals surface area (Å²) in [6.45, 7) is 9.90. The predicted octanol–water partition coefficient (Wildman–Crippen LogP) is 4.73. The summed E-state index contributed by atoms with van der Waals surface area (Å²) in [6.07, 6.45) is 5.69. The molecule has 1 N–H and O–H groups in total. The SMILES string of the molecule is C=CCCC(C)CC(CC)c1cc(C)ccc1S(=O)(=O)O. The van der Waals surface area contributed by atoms with Gasteiger partial charge in [0.05, 0.1) is 4.90 Å². The van der Waals surface area contributed by atoms with Gasteiger partial charge in [-0.3, -0.25) is 4.55 Å². The van der Waals surface area contributed by atoms with Gasteiger partial charge in [0.25, 0.3) is 10.1 Å². The zero-order chi connectivity index (χ0) is 16.0. The summed E-state index contributed by atoms with van der Waals surface area (Å²) in [5.74, 6) is 0.629. The van der Waals surface area contributed by atoms with E-state index in [0.29, 0.717) is 5.92 Å². The zero-order valence-corrected chi connectivity index (χ0v) is 14.0. The van der Waals surface area contributed by atoms with Crippen LogP contribution in [0.25, 0.3) is 0 Å². The minimum atomic E-state index is -4.17. The summed E-state index contributed by atoms with van der Waals surface area (Å²) < 4.78 is 32.6. The van der Waals surface area contributed by atoms with E-state index in [1.165, 1.54) is 6.07 Å². The Morgan fingerprint density at radius 3 is 2.57 bits per heavy atom. The van der Waals surface area contributed by atoms with E-state index >= 15 is 0 Å². The lowest BCUT2D eigenvalue weighted by Crippen LogP contribution is -2.10. The van der Waals surface area contributed by atoms with Crippen LogP contribution in [0.2, 0.25) is 0 Å². The molecule has 1 aromatic carbocycles. The molecule has 4 heteroatoms. The second-order valence-electron chi connectivity index (χ2n) is 5.83. The zero-order valence-electron chi connectivity index (χ0n) is 13.2. The van der Waals surface area contributed by atoms with Crippen molar-refractivity contribution in [1.82, 2.24) is 0 Å². The van der Waals surface area contributed by atoms with Gasteiger partial charge in [-0.15, -0.1) is 6.58 Å². The molecule has 0 spiro atoms. The first kappa shape index (κ1) is 17.9. The van der Waals surface area contributed by atoms with Crippen molar-refractivity contribution in [3.63, 3.8) is 0 Å². The Kier molecular flexibility index (Phi) is 6.62. The van der Waals surface area contributed by atoms with Crippen LogP contribution in [0.1, 0.15) is 56.6 Å². The summed E-state index contributed by atoms with van der Waals surface area (Å²) in [5, 5.41) is 0. The number of allylic oxidation sites excluding steroid dienone is 1. The molecule has 0 aliphatic heterocycles. The van der Waals surface area contributed by atoms with Crippen LogP contribution in [-0.4, -0.2) is 13.0 Å². The molecular formula is C17H26O3S. The lowest BCUT2D eigenvalue weighted by molar-refractivity contribution is 0.428. The van der Waals surface area contributed by atoms with Crippen molar-refractivity contribution in [1.29, 1.82) is 0 Å². The monoisotopic (exact) mass is 310 g/mol. The van der Waals surface area contributed by atoms with Gasteiger partial charge in [0.1, 0.15) is 0 Å². The number of rotatable bonds is 8. The molecule has 0 fully saturated rings. The molecule has 0 radical (unpaired) electrons. The first-order valence-corrected chi connectivity index (χ1v) is 8.92. The Morgan fingerprint density at radius 2 is 2.05 bits per heavy atom. The Labute approximate surface area is 128 Å². The van der Waals surface area contributed by atoms with Gasteiger partial charge in [-0.2, -0.15) is 8.42 Å². The summed E-state index contributed by atoms with van der Waals surface area (Å²) in [4.78, 5) is 0.0517. The highest BCUT2D eigenvalue weighted by molar-refractivity contribution is 7.85. The highest BCUT2D eigenvalue weighted by Gasteiger charge is 2.22. The average molecular weight is 310 g/mol. The van der Waals surface area contributed by atoms with Crippen molar-refractivity contribution in [3.8, 4) is 0 Å². The summed E-state index contributed by atoms with van der Waals surface area (Å²) in [5.41, 5.74) is 1.75. The van der Waals surface area contributed by atoms with Crippen molar-refractivity contribution in [2.45, 2.75) is 57.3 Å². The Balaban J connectivity index is 3.10. The molecule has 0 saturated heterocycles. The van der Waals surface area contributed by atoms with E-state index in [4.69, 9.17) is 0 Å². The number of hydrogen-bond acceptors (Lipinski definition) is 2. The van der Waals surface area contributed by atoms with Crippen molar-refractivity contribution in [2.24, 2.45) is 5.92 Å². The Morgan fingerprint density at radius 1 is 1.38 bits per heavy atom. The van der Waals surface area contributed by atoms with E-state index in [-0.39, 0.29) is 10.8 Å². The molecule has 2 unspecified atom stereocenters. The second kappa shape index (κ2) is 7.76.